The van der Waals surface area contributed by atoms with Gasteiger partial charge >= 0.3 is 12.1 Å². The number of fused-ring (bicyclic) bond motifs is 3. The van der Waals surface area contributed by atoms with Crippen LogP contribution in [0.3, 0.4) is 0 Å². The predicted octanol–water partition coefficient (Wildman–Crippen LogP) is 3.67. The van der Waals surface area contributed by atoms with Crippen LogP contribution in [0.25, 0.3) is 11.1 Å². The van der Waals surface area contributed by atoms with E-state index in [1.807, 2.05) is 24.3 Å². The van der Waals surface area contributed by atoms with Crippen LogP contribution < -0.4 is 10.6 Å². The third-order valence-corrected chi connectivity index (χ3v) is 6.11. The highest BCUT2D eigenvalue weighted by Gasteiger charge is 2.38. The molecular formula is C25H28N2O5. The minimum absolute atomic E-state index is 0.0319. The van der Waals surface area contributed by atoms with Crippen LogP contribution in [-0.2, 0) is 14.3 Å². The van der Waals surface area contributed by atoms with E-state index in [9.17, 15) is 14.4 Å². The molecule has 1 atom stereocenters. The van der Waals surface area contributed by atoms with Gasteiger partial charge in [0.05, 0.1) is 0 Å². The topological polar surface area (TPSA) is 105 Å². The van der Waals surface area contributed by atoms with Gasteiger partial charge in [0, 0.05) is 18.9 Å². The van der Waals surface area contributed by atoms with Crippen molar-refractivity contribution >= 4 is 18.0 Å². The van der Waals surface area contributed by atoms with Crippen molar-refractivity contribution in [1.82, 2.24) is 10.6 Å². The van der Waals surface area contributed by atoms with E-state index in [0.717, 1.165) is 35.1 Å². The molecule has 2 aromatic carbocycles. The second-order valence-corrected chi connectivity index (χ2v) is 8.43. The number of nitrogens with one attached hydrogen (secondary N) is 2. The first-order valence-electron chi connectivity index (χ1n) is 11.2. The Morgan fingerprint density at radius 1 is 0.969 bits per heavy atom. The number of hydrogen-bond donors (Lipinski definition) is 3. The molecule has 2 amide bonds. The number of alkyl carbamates (subject to hydrolysis) is 1. The van der Waals surface area contributed by atoms with Crippen LogP contribution in [0, 0.1) is 5.92 Å². The average Bonchev–Trinajstić information content (AvgIpc) is 3.58. The molecule has 0 bridgehead atoms. The van der Waals surface area contributed by atoms with E-state index in [4.69, 9.17) is 9.84 Å². The van der Waals surface area contributed by atoms with E-state index in [1.54, 1.807) is 0 Å². The standard InChI is InChI=1S/C25H28N2O5/c28-22(29)11-5-6-14-26-24(30)23(16-12-13-16)27-25(31)32-15-21-19-9-3-1-7-17(19)18-8-2-4-10-20(18)21/h1-4,7-10,16,21,23H,5-6,11-15H2,(H,26,30)(H,27,31)(H,28,29). The van der Waals surface area contributed by atoms with Crippen molar-refractivity contribution in [2.45, 2.75) is 44.1 Å². The lowest BCUT2D eigenvalue weighted by atomic mass is 9.98. The van der Waals surface area contributed by atoms with E-state index in [0.29, 0.717) is 19.4 Å². The summed E-state index contributed by atoms with van der Waals surface area (Å²) in [7, 11) is 0. The molecule has 0 saturated heterocycles. The lowest BCUT2D eigenvalue weighted by molar-refractivity contribution is -0.137. The van der Waals surface area contributed by atoms with Gasteiger partial charge < -0.3 is 20.5 Å². The van der Waals surface area contributed by atoms with E-state index in [-0.39, 0.29) is 30.8 Å². The van der Waals surface area contributed by atoms with Crippen LogP contribution in [0.5, 0.6) is 0 Å². The summed E-state index contributed by atoms with van der Waals surface area (Å²) in [5, 5.41) is 14.2. The summed E-state index contributed by atoms with van der Waals surface area (Å²) in [6, 6.07) is 15.7. The van der Waals surface area contributed by atoms with Crippen LogP contribution >= 0.6 is 0 Å². The van der Waals surface area contributed by atoms with E-state index in [1.165, 1.54) is 0 Å². The Balaban J connectivity index is 1.31. The Morgan fingerprint density at radius 3 is 2.19 bits per heavy atom. The van der Waals surface area contributed by atoms with Gasteiger partial charge in [0.1, 0.15) is 12.6 Å². The second kappa shape index (κ2) is 9.85. The molecule has 0 aromatic heterocycles. The molecule has 7 heteroatoms. The van der Waals surface area contributed by atoms with Gasteiger partial charge in [0.2, 0.25) is 5.91 Å². The Morgan fingerprint density at radius 2 is 1.59 bits per heavy atom. The molecular weight excluding hydrogens is 408 g/mol. The second-order valence-electron chi connectivity index (χ2n) is 8.43. The molecule has 32 heavy (non-hydrogen) atoms. The van der Waals surface area contributed by atoms with Crippen LogP contribution in [0.4, 0.5) is 4.79 Å². The molecule has 0 radical (unpaired) electrons. The van der Waals surface area contributed by atoms with Gasteiger partial charge in [-0.2, -0.15) is 0 Å². The molecule has 168 valence electrons. The molecule has 7 nitrogen and oxygen atoms in total. The molecule has 1 saturated carbocycles. The minimum Gasteiger partial charge on any atom is -0.481 e. The molecule has 2 aliphatic carbocycles. The van der Waals surface area contributed by atoms with Gasteiger partial charge in [0.25, 0.3) is 0 Å². The number of unbranched alkanes of at least 4 members (excludes halogenated alkanes) is 1. The molecule has 0 heterocycles. The van der Waals surface area contributed by atoms with Crippen molar-refractivity contribution in [3.63, 3.8) is 0 Å². The van der Waals surface area contributed by atoms with Gasteiger partial charge in [-0.05, 0) is 53.9 Å². The lowest BCUT2D eigenvalue weighted by Crippen LogP contribution is -2.48. The molecule has 2 aromatic rings. The maximum absolute atomic E-state index is 12.5. The van der Waals surface area contributed by atoms with Crippen molar-refractivity contribution in [2.75, 3.05) is 13.2 Å². The summed E-state index contributed by atoms with van der Waals surface area (Å²) in [5.41, 5.74) is 4.60. The fraction of sp³-hybridized carbons (Fsp3) is 0.400. The number of benzene rings is 2. The molecule has 0 aliphatic heterocycles. The zero-order chi connectivity index (χ0) is 22.5. The zero-order valence-corrected chi connectivity index (χ0v) is 17.9. The smallest absolute Gasteiger partial charge is 0.407 e. The van der Waals surface area contributed by atoms with Crippen molar-refractivity contribution in [1.29, 1.82) is 0 Å². The quantitative estimate of drug-likeness (QED) is 0.493. The average molecular weight is 437 g/mol. The summed E-state index contributed by atoms with van der Waals surface area (Å²) >= 11 is 0. The Labute approximate surface area is 187 Å². The van der Waals surface area contributed by atoms with E-state index >= 15 is 0 Å². The third kappa shape index (κ3) is 5.10. The number of hydrogen-bond acceptors (Lipinski definition) is 4. The molecule has 1 unspecified atom stereocenters. The number of carbonyl (C=O) groups is 3. The number of aliphatic carboxylic acids is 1. The molecule has 4 rings (SSSR count). The maximum atomic E-state index is 12.5. The summed E-state index contributed by atoms with van der Waals surface area (Å²) in [5.74, 6) is -0.995. The van der Waals surface area contributed by atoms with Gasteiger partial charge in [-0.25, -0.2) is 4.79 Å². The Hall–Kier alpha value is -3.35. The number of amides is 2. The van der Waals surface area contributed by atoms with Crippen LogP contribution in [0.2, 0.25) is 0 Å². The first-order chi connectivity index (χ1) is 15.5. The van der Waals surface area contributed by atoms with Gasteiger partial charge in [-0.1, -0.05) is 48.5 Å². The highest BCUT2D eigenvalue weighted by molar-refractivity contribution is 5.86. The molecule has 2 aliphatic rings. The highest BCUT2D eigenvalue weighted by atomic mass is 16.5. The zero-order valence-electron chi connectivity index (χ0n) is 17.9. The highest BCUT2D eigenvalue weighted by Crippen LogP contribution is 2.44. The number of carboxylic acids is 1. The Kier molecular flexibility index (Phi) is 6.73. The predicted molar refractivity (Wildman–Crippen MR) is 119 cm³/mol. The van der Waals surface area contributed by atoms with E-state index in [2.05, 4.69) is 34.9 Å². The van der Waals surface area contributed by atoms with Crippen LogP contribution in [-0.4, -0.2) is 42.3 Å². The molecule has 0 spiro atoms. The summed E-state index contributed by atoms with van der Waals surface area (Å²) < 4.78 is 5.57. The summed E-state index contributed by atoms with van der Waals surface area (Å²) in [6.07, 6.45) is 2.36. The summed E-state index contributed by atoms with van der Waals surface area (Å²) in [4.78, 5) is 35.7. The van der Waals surface area contributed by atoms with E-state index < -0.39 is 18.1 Å². The normalized spacial score (nSPS) is 15.4. The third-order valence-electron chi connectivity index (χ3n) is 6.11. The van der Waals surface area contributed by atoms with Crippen molar-refractivity contribution in [3.8, 4) is 11.1 Å². The van der Waals surface area contributed by atoms with Crippen LogP contribution in [0.15, 0.2) is 48.5 Å². The number of carbonyl (C=O) groups excluding carboxylic acids is 2. The lowest BCUT2D eigenvalue weighted by Gasteiger charge is -2.19. The first-order valence-corrected chi connectivity index (χ1v) is 11.2. The van der Waals surface area contributed by atoms with Gasteiger partial charge in [-0.15, -0.1) is 0 Å². The fourth-order valence-corrected chi connectivity index (χ4v) is 4.32. The largest absolute Gasteiger partial charge is 0.481 e. The number of ether oxygens (including phenoxy) is 1. The SMILES string of the molecule is O=C(O)CCCCNC(=O)C(NC(=O)OCC1c2ccccc2-c2ccccc21)C1CC1. The number of carboxylic acid groups (broad SMARTS) is 1. The summed E-state index contributed by atoms with van der Waals surface area (Å²) in [6.45, 7) is 0.593. The van der Waals surface area contributed by atoms with Gasteiger partial charge in [0.15, 0.2) is 0 Å². The first kappa shape index (κ1) is 21.9. The number of rotatable bonds is 10. The maximum Gasteiger partial charge on any atom is 0.407 e. The minimum atomic E-state index is -0.843. The van der Waals surface area contributed by atoms with Crippen molar-refractivity contribution < 1.29 is 24.2 Å². The van der Waals surface area contributed by atoms with Crippen LogP contribution in [0.1, 0.15) is 49.1 Å². The van der Waals surface area contributed by atoms with Crippen molar-refractivity contribution in [3.05, 3.63) is 59.7 Å². The molecule has 3 N–H and O–H groups in total. The van der Waals surface area contributed by atoms with Gasteiger partial charge in [-0.3, -0.25) is 9.59 Å². The van der Waals surface area contributed by atoms with Crippen molar-refractivity contribution in [2.24, 2.45) is 5.92 Å². The molecule has 1 fully saturated rings. The monoisotopic (exact) mass is 436 g/mol. The Bertz CT molecular complexity index is 956. The fourth-order valence-electron chi connectivity index (χ4n) is 4.32.